The lowest BCUT2D eigenvalue weighted by Crippen LogP contribution is -2.42. The summed E-state index contributed by atoms with van der Waals surface area (Å²) in [5.74, 6) is -2.98. The first-order chi connectivity index (χ1) is 8.28. The number of nitrogens with one attached hydrogen (secondary N) is 1. The molecule has 0 saturated carbocycles. The fraction of sp³-hybridized carbons (Fsp3) is 0.273. The molecule has 5 nitrogen and oxygen atoms in total. The number of carbonyl (C=O) groups excluding carboxylic acids is 1. The van der Waals surface area contributed by atoms with Gasteiger partial charge in [0, 0.05) is 11.8 Å². The van der Waals surface area contributed by atoms with Gasteiger partial charge in [0.2, 0.25) is 5.91 Å². The summed E-state index contributed by atoms with van der Waals surface area (Å²) >= 11 is 0. The summed E-state index contributed by atoms with van der Waals surface area (Å²) in [6.45, 7) is 2.86. The Morgan fingerprint density at radius 3 is 2.50 bits per heavy atom. The Labute approximate surface area is 102 Å². The van der Waals surface area contributed by atoms with Crippen LogP contribution in [0.2, 0.25) is 0 Å². The van der Waals surface area contributed by atoms with Gasteiger partial charge in [0.1, 0.15) is 5.41 Å². The van der Waals surface area contributed by atoms with Gasteiger partial charge < -0.3 is 16.3 Å². The number of carbonyl (C=O) groups is 1. The number of halogens is 2. The number of rotatable bonds is 3. The molecule has 0 atom stereocenters. The van der Waals surface area contributed by atoms with Gasteiger partial charge in [-0.2, -0.15) is 0 Å². The van der Waals surface area contributed by atoms with E-state index in [1.807, 2.05) is 0 Å². The van der Waals surface area contributed by atoms with E-state index in [2.05, 4.69) is 10.5 Å². The van der Waals surface area contributed by atoms with Crippen molar-refractivity contribution in [2.24, 2.45) is 16.3 Å². The van der Waals surface area contributed by atoms with Crippen molar-refractivity contribution in [1.82, 2.24) is 0 Å². The second kappa shape index (κ2) is 4.99. The van der Waals surface area contributed by atoms with Crippen molar-refractivity contribution < 1.29 is 18.8 Å². The van der Waals surface area contributed by atoms with E-state index in [4.69, 9.17) is 10.9 Å². The van der Waals surface area contributed by atoms with Crippen LogP contribution in [0.15, 0.2) is 23.4 Å². The SMILES string of the molecule is CC(C)(C(=O)Nc1ccc(F)c(F)c1)C(N)=NO. The molecule has 7 heteroatoms. The Morgan fingerprint density at radius 2 is 2.00 bits per heavy atom. The van der Waals surface area contributed by atoms with Crippen molar-refractivity contribution in [3.05, 3.63) is 29.8 Å². The predicted molar refractivity (Wildman–Crippen MR) is 62.2 cm³/mol. The molecule has 0 saturated heterocycles. The molecule has 1 amide bonds. The monoisotopic (exact) mass is 257 g/mol. The Kier molecular flexibility index (Phi) is 3.85. The van der Waals surface area contributed by atoms with E-state index < -0.39 is 23.0 Å². The van der Waals surface area contributed by atoms with Gasteiger partial charge in [-0.3, -0.25) is 4.79 Å². The summed E-state index contributed by atoms with van der Waals surface area (Å²) in [6.07, 6.45) is 0. The zero-order chi connectivity index (χ0) is 13.9. The van der Waals surface area contributed by atoms with E-state index in [0.29, 0.717) is 0 Å². The summed E-state index contributed by atoms with van der Waals surface area (Å²) in [6, 6.07) is 2.94. The summed E-state index contributed by atoms with van der Waals surface area (Å²) in [5.41, 5.74) is 4.17. The topological polar surface area (TPSA) is 87.7 Å². The fourth-order valence-electron chi connectivity index (χ4n) is 1.10. The van der Waals surface area contributed by atoms with Gasteiger partial charge in [-0.05, 0) is 26.0 Å². The van der Waals surface area contributed by atoms with Crippen LogP contribution in [0.3, 0.4) is 0 Å². The first kappa shape index (κ1) is 13.9. The molecule has 0 spiro atoms. The third kappa shape index (κ3) is 2.73. The summed E-state index contributed by atoms with van der Waals surface area (Å²) in [4.78, 5) is 11.8. The fourth-order valence-corrected chi connectivity index (χ4v) is 1.10. The van der Waals surface area contributed by atoms with Crippen molar-refractivity contribution in [3.63, 3.8) is 0 Å². The van der Waals surface area contributed by atoms with Gasteiger partial charge in [-0.1, -0.05) is 5.16 Å². The van der Waals surface area contributed by atoms with Crippen LogP contribution in [-0.4, -0.2) is 17.0 Å². The normalized spacial score (nSPS) is 12.3. The number of benzene rings is 1. The molecule has 0 bridgehead atoms. The van der Waals surface area contributed by atoms with Gasteiger partial charge in [0.05, 0.1) is 0 Å². The van der Waals surface area contributed by atoms with Crippen LogP contribution >= 0.6 is 0 Å². The molecule has 0 radical (unpaired) electrons. The van der Waals surface area contributed by atoms with Crippen molar-refractivity contribution in [1.29, 1.82) is 0 Å². The van der Waals surface area contributed by atoms with Crippen LogP contribution in [0.5, 0.6) is 0 Å². The van der Waals surface area contributed by atoms with Crippen LogP contribution in [0.1, 0.15) is 13.8 Å². The van der Waals surface area contributed by atoms with Crippen LogP contribution in [0.4, 0.5) is 14.5 Å². The molecule has 0 fully saturated rings. The molecule has 4 N–H and O–H groups in total. The maximum Gasteiger partial charge on any atom is 0.237 e. The Bertz CT molecular complexity index is 501. The summed E-state index contributed by atoms with van der Waals surface area (Å²) < 4.78 is 25.6. The second-order valence-electron chi connectivity index (χ2n) is 4.19. The van der Waals surface area contributed by atoms with Gasteiger partial charge in [0.25, 0.3) is 0 Å². The van der Waals surface area contributed by atoms with Crippen LogP contribution in [-0.2, 0) is 4.79 Å². The van der Waals surface area contributed by atoms with Gasteiger partial charge >= 0.3 is 0 Å². The molecular formula is C11H13F2N3O2. The van der Waals surface area contributed by atoms with E-state index in [-0.39, 0.29) is 11.5 Å². The van der Waals surface area contributed by atoms with E-state index in [1.165, 1.54) is 19.9 Å². The highest BCUT2D eigenvalue weighted by Crippen LogP contribution is 2.20. The molecule has 0 heterocycles. The van der Waals surface area contributed by atoms with Crippen LogP contribution in [0, 0.1) is 17.0 Å². The number of nitrogens with zero attached hydrogens (tertiary/aromatic N) is 1. The average molecular weight is 257 g/mol. The molecule has 1 rings (SSSR count). The largest absolute Gasteiger partial charge is 0.409 e. The average Bonchev–Trinajstić information content (AvgIpc) is 2.32. The van der Waals surface area contributed by atoms with Crippen molar-refractivity contribution in [3.8, 4) is 0 Å². The molecule has 18 heavy (non-hydrogen) atoms. The lowest BCUT2D eigenvalue weighted by molar-refractivity contribution is -0.121. The molecule has 0 aliphatic carbocycles. The highest BCUT2D eigenvalue weighted by Gasteiger charge is 2.32. The highest BCUT2D eigenvalue weighted by molar-refractivity contribution is 6.11. The number of hydrogen-bond donors (Lipinski definition) is 3. The molecule has 1 aromatic carbocycles. The molecule has 98 valence electrons. The highest BCUT2D eigenvalue weighted by atomic mass is 19.2. The van der Waals surface area contributed by atoms with Gasteiger partial charge in [0.15, 0.2) is 17.5 Å². The summed E-state index contributed by atoms with van der Waals surface area (Å²) in [5, 5.41) is 13.6. The number of anilines is 1. The Hall–Kier alpha value is -2.18. The van der Waals surface area contributed by atoms with Gasteiger partial charge in [-0.15, -0.1) is 0 Å². The standard InChI is InChI=1S/C11H13F2N3O2/c1-11(2,9(14)16-18)10(17)15-6-3-4-7(12)8(13)5-6/h3-5,18H,1-2H3,(H2,14,16)(H,15,17). The van der Waals surface area contributed by atoms with Gasteiger partial charge in [-0.25, -0.2) is 8.78 Å². The second-order valence-corrected chi connectivity index (χ2v) is 4.19. The van der Waals surface area contributed by atoms with Crippen LogP contribution in [0.25, 0.3) is 0 Å². The van der Waals surface area contributed by atoms with E-state index in [9.17, 15) is 13.6 Å². The number of amides is 1. The minimum absolute atomic E-state index is 0.0812. The molecule has 0 aliphatic rings. The molecule has 0 aliphatic heterocycles. The lowest BCUT2D eigenvalue weighted by Gasteiger charge is -2.21. The van der Waals surface area contributed by atoms with Crippen molar-refractivity contribution in [2.45, 2.75) is 13.8 Å². The minimum atomic E-state index is -1.28. The van der Waals surface area contributed by atoms with E-state index >= 15 is 0 Å². The van der Waals surface area contributed by atoms with E-state index in [0.717, 1.165) is 12.1 Å². The number of hydrogen-bond acceptors (Lipinski definition) is 3. The van der Waals surface area contributed by atoms with Crippen LogP contribution < -0.4 is 11.1 Å². The molecule has 0 aromatic heterocycles. The van der Waals surface area contributed by atoms with E-state index in [1.54, 1.807) is 0 Å². The van der Waals surface area contributed by atoms with Crippen molar-refractivity contribution >= 4 is 17.4 Å². The van der Waals surface area contributed by atoms with Crippen molar-refractivity contribution in [2.75, 3.05) is 5.32 Å². The first-order valence-electron chi connectivity index (χ1n) is 5.03. The third-order valence-corrected chi connectivity index (χ3v) is 2.49. The predicted octanol–water partition coefficient (Wildman–Crippen LogP) is 1.68. The Morgan fingerprint density at radius 1 is 1.39 bits per heavy atom. The number of oxime groups is 1. The maximum atomic E-state index is 12.9. The maximum absolute atomic E-state index is 12.9. The zero-order valence-corrected chi connectivity index (χ0v) is 9.87. The molecule has 1 aromatic rings. The molecule has 0 unspecified atom stereocenters. The third-order valence-electron chi connectivity index (χ3n) is 2.49. The lowest BCUT2D eigenvalue weighted by atomic mass is 9.91. The first-order valence-corrected chi connectivity index (χ1v) is 5.03. The Balaban J connectivity index is 2.91. The zero-order valence-electron chi connectivity index (χ0n) is 9.87. The summed E-state index contributed by atoms with van der Waals surface area (Å²) in [7, 11) is 0. The quantitative estimate of drug-likeness (QED) is 0.333. The minimum Gasteiger partial charge on any atom is -0.409 e. The number of amidine groups is 1. The number of nitrogens with two attached hydrogens (primary N) is 1. The molecular weight excluding hydrogens is 244 g/mol. The smallest absolute Gasteiger partial charge is 0.237 e.